The molecule has 4 heterocycles. The molecule has 0 atom stereocenters. The molecule has 0 saturated carbocycles. The summed E-state index contributed by atoms with van der Waals surface area (Å²) < 4.78 is 85.7. The Bertz CT molecular complexity index is 1620. The first-order chi connectivity index (χ1) is 16.9. The highest BCUT2D eigenvalue weighted by atomic mass is 32.2. The van der Waals surface area contributed by atoms with E-state index >= 15 is 0 Å². The summed E-state index contributed by atoms with van der Waals surface area (Å²) in [5.41, 5.74) is 0.723. The van der Waals surface area contributed by atoms with Crippen molar-refractivity contribution >= 4 is 21.3 Å². The summed E-state index contributed by atoms with van der Waals surface area (Å²) >= 11 is 0. The van der Waals surface area contributed by atoms with Gasteiger partial charge in [-0.05, 0) is 25.1 Å². The molecule has 3 aromatic heterocycles. The molecule has 0 radical (unpaired) electrons. The molecule has 188 valence electrons. The van der Waals surface area contributed by atoms with Gasteiger partial charge in [-0.25, -0.2) is 27.8 Å². The van der Waals surface area contributed by atoms with Crippen LogP contribution in [0.1, 0.15) is 22.5 Å². The largest absolute Gasteiger partial charge is 0.493 e. The lowest BCUT2D eigenvalue weighted by atomic mass is 10.0. The van der Waals surface area contributed by atoms with E-state index < -0.39 is 27.5 Å². The standard InChI is InChI=1S/C23H19F4N5O3S/c1-12-13(3-6-19(31-12)23(25,26)27)16-10-29-22(32-11-30-21(20(16)32)36(2,33)34)28-9-15-14-7-8-35-18(14)5-4-17(15)24/h3-6,10-11H,7-9H2,1-2H3,(H,28,29). The fourth-order valence-corrected chi connectivity index (χ4v) is 5.06. The summed E-state index contributed by atoms with van der Waals surface area (Å²) in [5.74, 6) is 0.354. The van der Waals surface area contributed by atoms with Gasteiger partial charge >= 0.3 is 6.18 Å². The minimum atomic E-state index is -4.63. The third-order valence-corrected chi connectivity index (χ3v) is 6.92. The molecular formula is C23H19F4N5O3S. The Labute approximate surface area is 202 Å². The van der Waals surface area contributed by atoms with Gasteiger partial charge in [0.1, 0.15) is 23.6 Å². The van der Waals surface area contributed by atoms with Crippen molar-refractivity contribution in [1.29, 1.82) is 0 Å². The Morgan fingerprint density at radius 2 is 1.92 bits per heavy atom. The van der Waals surface area contributed by atoms with Crippen LogP contribution in [0.5, 0.6) is 5.75 Å². The molecule has 5 rings (SSSR count). The lowest BCUT2D eigenvalue weighted by molar-refractivity contribution is -0.141. The maximum absolute atomic E-state index is 14.6. The fraction of sp³-hybridized carbons (Fsp3) is 0.261. The molecule has 1 aliphatic heterocycles. The quantitative estimate of drug-likeness (QED) is 0.393. The molecule has 1 N–H and O–H groups in total. The number of pyridine rings is 1. The molecule has 0 fully saturated rings. The first-order valence-electron chi connectivity index (χ1n) is 10.7. The van der Waals surface area contributed by atoms with Gasteiger partial charge in [-0.1, -0.05) is 6.07 Å². The maximum Gasteiger partial charge on any atom is 0.433 e. The van der Waals surface area contributed by atoms with Gasteiger partial charge < -0.3 is 10.1 Å². The number of anilines is 1. The van der Waals surface area contributed by atoms with Gasteiger partial charge in [-0.3, -0.25) is 4.40 Å². The van der Waals surface area contributed by atoms with Crippen molar-refractivity contribution in [2.75, 3.05) is 18.2 Å². The minimum absolute atomic E-state index is 0.0348. The molecular weight excluding hydrogens is 502 g/mol. The molecule has 8 nitrogen and oxygen atoms in total. The first kappa shape index (κ1) is 24.0. The lowest BCUT2D eigenvalue weighted by Crippen LogP contribution is -2.11. The zero-order valence-electron chi connectivity index (χ0n) is 19.0. The molecule has 0 aliphatic carbocycles. The molecule has 4 aromatic rings. The summed E-state index contributed by atoms with van der Waals surface area (Å²) in [6, 6.07) is 4.92. The second-order valence-corrected chi connectivity index (χ2v) is 10.2. The lowest BCUT2D eigenvalue weighted by Gasteiger charge is -2.15. The highest BCUT2D eigenvalue weighted by Gasteiger charge is 2.33. The van der Waals surface area contributed by atoms with Gasteiger partial charge in [0.2, 0.25) is 5.95 Å². The van der Waals surface area contributed by atoms with E-state index in [1.807, 2.05) is 0 Å². The van der Waals surface area contributed by atoms with Gasteiger partial charge in [-0.2, -0.15) is 13.2 Å². The smallest absolute Gasteiger partial charge is 0.433 e. The second kappa shape index (κ2) is 8.43. The van der Waals surface area contributed by atoms with E-state index in [-0.39, 0.29) is 39.9 Å². The van der Waals surface area contributed by atoms with Crippen molar-refractivity contribution in [2.45, 2.75) is 31.1 Å². The highest BCUT2D eigenvalue weighted by molar-refractivity contribution is 7.90. The topological polar surface area (TPSA) is 98.5 Å². The van der Waals surface area contributed by atoms with E-state index in [0.717, 1.165) is 17.9 Å². The Morgan fingerprint density at radius 1 is 1.14 bits per heavy atom. The van der Waals surface area contributed by atoms with E-state index in [4.69, 9.17) is 4.74 Å². The van der Waals surface area contributed by atoms with E-state index in [1.165, 1.54) is 36.0 Å². The molecule has 36 heavy (non-hydrogen) atoms. The Morgan fingerprint density at radius 3 is 2.61 bits per heavy atom. The van der Waals surface area contributed by atoms with E-state index in [2.05, 4.69) is 20.3 Å². The van der Waals surface area contributed by atoms with Crippen LogP contribution < -0.4 is 10.1 Å². The number of rotatable bonds is 5. The molecule has 0 bridgehead atoms. The summed E-state index contributed by atoms with van der Waals surface area (Å²) in [5, 5.41) is 2.74. The van der Waals surface area contributed by atoms with Crippen molar-refractivity contribution in [3.63, 3.8) is 0 Å². The van der Waals surface area contributed by atoms with Gasteiger partial charge in [0, 0.05) is 53.4 Å². The molecule has 13 heteroatoms. The number of nitrogens with one attached hydrogen (secondary N) is 1. The van der Waals surface area contributed by atoms with Crippen LogP contribution in [0.2, 0.25) is 0 Å². The molecule has 0 amide bonds. The number of imidazole rings is 1. The van der Waals surface area contributed by atoms with Crippen LogP contribution in [-0.2, 0) is 29.0 Å². The van der Waals surface area contributed by atoms with Crippen molar-refractivity contribution in [3.8, 4) is 16.9 Å². The Balaban J connectivity index is 1.61. The zero-order valence-corrected chi connectivity index (χ0v) is 19.8. The van der Waals surface area contributed by atoms with Gasteiger partial charge in [0.05, 0.1) is 12.1 Å². The van der Waals surface area contributed by atoms with Crippen LogP contribution in [-0.4, -0.2) is 40.6 Å². The summed E-state index contributed by atoms with van der Waals surface area (Å²) in [7, 11) is -3.82. The maximum atomic E-state index is 14.6. The summed E-state index contributed by atoms with van der Waals surface area (Å²) in [6.45, 7) is 1.88. The van der Waals surface area contributed by atoms with Crippen LogP contribution in [0.3, 0.4) is 0 Å². The number of hydrogen-bond acceptors (Lipinski definition) is 7. The normalized spacial score (nSPS) is 13.6. The molecule has 1 aromatic carbocycles. The first-order valence-corrected chi connectivity index (χ1v) is 12.6. The monoisotopic (exact) mass is 521 g/mol. The van der Waals surface area contributed by atoms with E-state index in [0.29, 0.717) is 24.3 Å². The highest BCUT2D eigenvalue weighted by Crippen LogP contribution is 2.35. The predicted octanol–water partition coefficient (Wildman–Crippen LogP) is 4.21. The third-order valence-electron chi connectivity index (χ3n) is 5.91. The molecule has 0 saturated heterocycles. The van der Waals surface area contributed by atoms with E-state index in [1.54, 1.807) is 6.07 Å². The number of fused-ring (bicyclic) bond motifs is 2. The van der Waals surface area contributed by atoms with Crippen LogP contribution in [0, 0.1) is 12.7 Å². The number of benzene rings is 1. The molecule has 0 spiro atoms. The number of ether oxygens (including phenoxy) is 1. The van der Waals surface area contributed by atoms with Crippen LogP contribution >= 0.6 is 0 Å². The van der Waals surface area contributed by atoms with Crippen LogP contribution in [0.15, 0.2) is 41.8 Å². The third kappa shape index (κ3) is 4.12. The average Bonchev–Trinajstić information content (AvgIpc) is 3.45. The number of aromatic nitrogens is 4. The minimum Gasteiger partial charge on any atom is -0.493 e. The number of aryl methyl sites for hydroxylation is 1. The summed E-state index contributed by atoms with van der Waals surface area (Å²) in [6.07, 6.45) is -0.522. The number of hydrogen-bond donors (Lipinski definition) is 1. The van der Waals surface area contributed by atoms with Crippen LogP contribution in [0.25, 0.3) is 16.6 Å². The number of halogens is 4. The Kier molecular flexibility index (Phi) is 5.62. The van der Waals surface area contributed by atoms with Gasteiger partial charge in [0.25, 0.3) is 0 Å². The number of nitrogens with zero attached hydrogens (tertiary/aromatic N) is 4. The SMILES string of the molecule is Cc1nc(C(F)(F)F)ccc1-c1cnc(NCc2c(F)ccc3c2CCO3)n2cnc(S(C)(=O)=O)c12. The summed E-state index contributed by atoms with van der Waals surface area (Å²) in [4.78, 5) is 12.0. The number of sulfone groups is 1. The fourth-order valence-electron chi connectivity index (χ4n) is 4.26. The van der Waals surface area contributed by atoms with Crippen LogP contribution in [0.4, 0.5) is 23.5 Å². The van der Waals surface area contributed by atoms with Gasteiger partial charge in [-0.15, -0.1) is 0 Å². The number of alkyl halides is 3. The average molecular weight is 521 g/mol. The zero-order chi connectivity index (χ0) is 25.8. The van der Waals surface area contributed by atoms with Crippen molar-refractivity contribution in [2.24, 2.45) is 0 Å². The van der Waals surface area contributed by atoms with Gasteiger partial charge in [0.15, 0.2) is 14.9 Å². The Hall–Kier alpha value is -3.74. The van der Waals surface area contributed by atoms with Crippen molar-refractivity contribution < 1.29 is 30.7 Å². The molecule has 1 aliphatic rings. The van der Waals surface area contributed by atoms with E-state index in [9.17, 15) is 26.0 Å². The van der Waals surface area contributed by atoms with Crippen molar-refractivity contribution in [3.05, 3.63) is 65.1 Å². The molecule has 0 unspecified atom stereocenters. The van der Waals surface area contributed by atoms with Crippen molar-refractivity contribution in [1.82, 2.24) is 19.4 Å². The predicted molar refractivity (Wildman–Crippen MR) is 122 cm³/mol. The second-order valence-electron chi connectivity index (χ2n) is 8.32.